The molecule has 0 aromatic carbocycles. The van der Waals surface area contributed by atoms with E-state index in [4.69, 9.17) is 14.1 Å². The maximum Gasteiger partial charge on any atom is 0.265 e. The summed E-state index contributed by atoms with van der Waals surface area (Å²) in [6, 6.07) is 8.69. The largest absolute Gasteiger partial charge is 0.467 e. The summed E-state index contributed by atoms with van der Waals surface area (Å²) < 4.78 is 12.1. The summed E-state index contributed by atoms with van der Waals surface area (Å²) in [7, 11) is 0. The summed E-state index contributed by atoms with van der Waals surface area (Å²) in [6.45, 7) is -0.0788. The first-order valence-electron chi connectivity index (χ1n) is 8.17. The number of aromatic nitrogens is 3. The van der Waals surface area contributed by atoms with Crippen molar-refractivity contribution in [2.45, 2.75) is 19.0 Å². The van der Waals surface area contributed by atoms with Gasteiger partial charge in [-0.1, -0.05) is 0 Å². The van der Waals surface area contributed by atoms with Crippen LogP contribution in [0, 0.1) is 11.3 Å². The van der Waals surface area contributed by atoms with Crippen LogP contribution in [-0.4, -0.2) is 31.4 Å². The third-order valence-electron chi connectivity index (χ3n) is 3.98. The predicted octanol–water partition coefficient (Wildman–Crippen LogP) is 2.38. The minimum atomic E-state index is -0.345. The van der Waals surface area contributed by atoms with Crippen LogP contribution in [-0.2, 0) is 11.3 Å². The Balaban J connectivity index is 1.55. The number of hydrogen-bond acceptors (Lipinski definition) is 7. The Morgan fingerprint density at radius 1 is 1.30 bits per heavy atom. The van der Waals surface area contributed by atoms with Gasteiger partial charge >= 0.3 is 0 Å². The van der Waals surface area contributed by atoms with E-state index in [2.05, 4.69) is 15.2 Å². The molecule has 3 aromatic rings. The van der Waals surface area contributed by atoms with E-state index in [0.717, 1.165) is 5.71 Å². The van der Waals surface area contributed by atoms with Crippen molar-refractivity contribution in [1.82, 2.24) is 19.8 Å². The van der Waals surface area contributed by atoms with Crippen LogP contribution in [0.3, 0.4) is 0 Å². The molecule has 4 rings (SSSR count). The predicted molar refractivity (Wildman–Crippen MR) is 92.8 cm³/mol. The van der Waals surface area contributed by atoms with Crippen LogP contribution in [0.25, 0.3) is 6.08 Å². The molecule has 0 radical (unpaired) electrons. The number of nitrogens with zero attached hydrogens (tertiary/aromatic N) is 6. The van der Waals surface area contributed by atoms with Gasteiger partial charge in [-0.25, -0.2) is 14.7 Å². The van der Waals surface area contributed by atoms with E-state index >= 15 is 0 Å². The lowest BCUT2D eigenvalue weighted by Gasteiger charge is -2.19. The average molecular weight is 362 g/mol. The Morgan fingerprint density at radius 2 is 2.15 bits per heavy atom. The second-order valence-corrected chi connectivity index (χ2v) is 5.79. The Bertz CT molecular complexity index is 1020. The van der Waals surface area contributed by atoms with Crippen molar-refractivity contribution in [2.75, 3.05) is 0 Å². The normalized spacial score (nSPS) is 16.6. The molecule has 0 fully saturated rings. The molecule has 9 nitrogen and oxygen atoms in total. The molecular formula is C18H14N6O3. The third-order valence-corrected chi connectivity index (χ3v) is 3.98. The van der Waals surface area contributed by atoms with Crippen molar-refractivity contribution >= 4 is 17.7 Å². The van der Waals surface area contributed by atoms with Gasteiger partial charge in [0.2, 0.25) is 0 Å². The van der Waals surface area contributed by atoms with E-state index < -0.39 is 0 Å². The molecule has 0 bridgehead atoms. The molecule has 27 heavy (non-hydrogen) atoms. The van der Waals surface area contributed by atoms with Gasteiger partial charge in [-0.05, 0) is 36.4 Å². The fourth-order valence-electron chi connectivity index (χ4n) is 2.76. The zero-order chi connectivity index (χ0) is 18.6. The first-order chi connectivity index (χ1) is 13.2. The second kappa shape index (κ2) is 7.13. The zero-order valence-corrected chi connectivity index (χ0v) is 14.1. The molecular weight excluding hydrogens is 348 g/mol. The van der Waals surface area contributed by atoms with Gasteiger partial charge < -0.3 is 8.83 Å². The van der Waals surface area contributed by atoms with Gasteiger partial charge in [0.05, 0.1) is 18.2 Å². The summed E-state index contributed by atoms with van der Waals surface area (Å²) in [6.07, 6.45) is 8.61. The Hall–Kier alpha value is -3.93. The molecule has 0 saturated heterocycles. The number of furan rings is 2. The van der Waals surface area contributed by atoms with Crippen LogP contribution in [0.5, 0.6) is 0 Å². The quantitative estimate of drug-likeness (QED) is 0.688. The van der Waals surface area contributed by atoms with E-state index in [9.17, 15) is 4.79 Å². The van der Waals surface area contributed by atoms with E-state index in [-0.39, 0.29) is 24.3 Å². The van der Waals surface area contributed by atoms with Crippen LogP contribution in [0.4, 0.5) is 0 Å². The molecule has 3 aromatic heterocycles. The average Bonchev–Trinajstić information content (AvgIpc) is 3.47. The molecule has 0 aliphatic carbocycles. The van der Waals surface area contributed by atoms with E-state index in [0.29, 0.717) is 17.9 Å². The number of nitriles is 1. The molecule has 0 spiro atoms. The van der Waals surface area contributed by atoms with E-state index in [1.54, 1.807) is 30.7 Å². The van der Waals surface area contributed by atoms with Crippen molar-refractivity contribution in [3.63, 3.8) is 0 Å². The van der Waals surface area contributed by atoms with Crippen LogP contribution >= 0.6 is 0 Å². The van der Waals surface area contributed by atoms with Gasteiger partial charge in [0.1, 0.15) is 36.5 Å². The fourth-order valence-corrected chi connectivity index (χ4v) is 2.76. The number of rotatable bonds is 5. The summed E-state index contributed by atoms with van der Waals surface area (Å²) in [4.78, 5) is 16.6. The molecule has 1 amide bonds. The number of hydrazone groups is 1. The van der Waals surface area contributed by atoms with Crippen LogP contribution in [0.2, 0.25) is 0 Å². The molecule has 1 atom stereocenters. The topological polar surface area (TPSA) is 113 Å². The molecule has 0 unspecified atom stereocenters. The summed E-state index contributed by atoms with van der Waals surface area (Å²) >= 11 is 0. The van der Waals surface area contributed by atoms with Crippen LogP contribution in [0.1, 0.15) is 29.8 Å². The minimum absolute atomic E-state index is 0.0115. The monoisotopic (exact) mass is 362 g/mol. The molecule has 0 N–H and O–H groups in total. The first-order valence-corrected chi connectivity index (χ1v) is 8.17. The molecule has 0 saturated carbocycles. The highest BCUT2D eigenvalue weighted by atomic mass is 16.3. The van der Waals surface area contributed by atoms with Gasteiger partial charge in [0.25, 0.3) is 11.7 Å². The molecule has 4 heterocycles. The van der Waals surface area contributed by atoms with Gasteiger partial charge in [0.15, 0.2) is 0 Å². The number of hydrogen-bond donors (Lipinski definition) is 0. The highest BCUT2D eigenvalue weighted by Gasteiger charge is 2.33. The van der Waals surface area contributed by atoms with Crippen molar-refractivity contribution in [2.24, 2.45) is 5.10 Å². The van der Waals surface area contributed by atoms with E-state index in [1.165, 1.54) is 16.0 Å². The lowest BCUT2D eigenvalue weighted by molar-refractivity contribution is -0.134. The summed E-state index contributed by atoms with van der Waals surface area (Å²) in [5.74, 6) is 1.07. The minimum Gasteiger partial charge on any atom is -0.467 e. The number of amides is 1. The number of carbonyl (C=O) groups is 1. The van der Waals surface area contributed by atoms with Crippen molar-refractivity contribution < 1.29 is 13.6 Å². The number of carbonyl (C=O) groups excluding carboxylic acids is 1. The van der Waals surface area contributed by atoms with Crippen molar-refractivity contribution in [3.05, 3.63) is 66.5 Å². The fraction of sp³-hybridized carbons (Fsp3) is 0.167. The Kier molecular flexibility index (Phi) is 4.37. The SMILES string of the molecule is N#Cc1ncn(CC(=O)N2N=C(/C=C/c3ccco3)C[C@@H]2c2ccco2)n1. The zero-order valence-electron chi connectivity index (χ0n) is 14.1. The highest BCUT2D eigenvalue weighted by molar-refractivity contribution is 6.00. The van der Waals surface area contributed by atoms with Gasteiger partial charge in [0, 0.05) is 6.42 Å². The summed E-state index contributed by atoms with van der Waals surface area (Å²) in [5.41, 5.74) is 0.720. The maximum atomic E-state index is 12.8. The van der Waals surface area contributed by atoms with Gasteiger partial charge in [-0.3, -0.25) is 4.79 Å². The van der Waals surface area contributed by atoms with Crippen molar-refractivity contribution in [3.8, 4) is 6.07 Å². The standard InChI is InChI=1S/C18H14N6O3/c19-10-17-20-12-23(22-17)11-18(25)24-15(16-4-2-8-27-16)9-13(21-24)5-6-14-3-1-7-26-14/h1-8,12,15H,9,11H2/b6-5+/t15-/m1/s1. The van der Waals surface area contributed by atoms with Crippen LogP contribution in [0.15, 0.2) is 63.1 Å². The Labute approximate surface area is 153 Å². The first kappa shape index (κ1) is 16.5. The van der Waals surface area contributed by atoms with Gasteiger partial charge in [-0.15, -0.1) is 5.10 Å². The maximum absolute atomic E-state index is 12.8. The second-order valence-electron chi connectivity index (χ2n) is 5.79. The van der Waals surface area contributed by atoms with E-state index in [1.807, 2.05) is 24.3 Å². The molecule has 1 aliphatic rings. The third kappa shape index (κ3) is 3.55. The molecule has 1 aliphatic heterocycles. The lowest BCUT2D eigenvalue weighted by atomic mass is 10.1. The van der Waals surface area contributed by atoms with Crippen molar-refractivity contribution in [1.29, 1.82) is 5.26 Å². The Morgan fingerprint density at radius 3 is 2.85 bits per heavy atom. The molecule has 9 heteroatoms. The summed E-state index contributed by atoms with van der Waals surface area (Å²) in [5, 5.41) is 18.5. The van der Waals surface area contributed by atoms with Gasteiger partial charge in [-0.2, -0.15) is 10.4 Å². The number of allylic oxidation sites excluding steroid dienone is 1. The molecule has 134 valence electrons. The highest BCUT2D eigenvalue weighted by Crippen LogP contribution is 2.31. The van der Waals surface area contributed by atoms with Crippen LogP contribution < -0.4 is 0 Å². The smallest absolute Gasteiger partial charge is 0.265 e. The lowest BCUT2D eigenvalue weighted by Crippen LogP contribution is -2.30.